The number of fused-ring (bicyclic) bond motifs is 1. The van der Waals surface area contributed by atoms with Crippen LogP contribution in [0.15, 0.2) is 36.5 Å². The van der Waals surface area contributed by atoms with Gasteiger partial charge in [0, 0.05) is 12.7 Å². The maximum atomic E-state index is 5.48. The highest BCUT2D eigenvalue weighted by atomic mass is 16.7. The highest BCUT2D eigenvalue weighted by Gasteiger charge is 2.13. The molecule has 2 heterocycles. The molecule has 2 aromatic rings. The number of ether oxygens (including phenoxy) is 3. The molecule has 0 spiro atoms. The molecule has 20 heavy (non-hydrogen) atoms. The highest BCUT2D eigenvalue weighted by Crippen LogP contribution is 2.32. The summed E-state index contributed by atoms with van der Waals surface area (Å²) in [6, 6.07) is 9.74. The maximum Gasteiger partial charge on any atom is 0.237 e. The molecule has 0 saturated heterocycles. The Morgan fingerprint density at radius 1 is 1.25 bits per heavy atom. The number of anilines is 1. The third-order valence-corrected chi connectivity index (χ3v) is 2.97. The molecule has 0 bridgehead atoms. The molecule has 0 unspecified atom stereocenters. The first-order valence-electron chi connectivity index (χ1n) is 6.57. The van der Waals surface area contributed by atoms with E-state index in [0.29, 0.717) is 25.8 Å². The van der Waals surface area contributed by atoms with Crippen LogP contribution in [-0.4, -0.2) is 18.4 Å². The average Bonchev–Trinajstić information content (AvgIpc) is 2.94. The standard InChI is InChI=1S/C15H16N2O3/c1-2-18-15-12(4-3-7-16-15)17-9-11-5-6-13-14(8-11)20-10-19-13/h3-8,17H,2,9-10H2,1H3. The number of hydrogen-bond donors (Lipinski definition) is 1. The fourth-order valence-corrected chi connectivity index (χ4v) is 2.03. The maximum absolute atomic E-state index is 5.48. The monoisotopic (exact) mass is 272 g/mol. The topological polar surface area (TPSA) is 52.6 Å². The summed E-state index contributed by atoms with van der Waals surface area (Å²) in [4.78, 5) is 4.21. The van der Waals surface area contributed by atoms with Crippen molar-refractivity contribution in [1.82, 2.24) is 4.98 Å². The van der Waals surface area contributed by atoms with E-state index in [9.17, 15) is 0 Å². The van der Waals surface area contributed by atoms with Crippen LogP contribution < -0.4 is 19.5 Å². The van der Waals surface area contributed by atoms with E-state index >= 15 is 0 Å². The van der Waals surface area contributed by atoms with Gasteiger partial charge in [0.1, 0.15) is 0 Å². The van der Waals surface area contributed by atoms with Crippen molar-refractivity contribution >= 4 is 5.69 Å². The van der Waals surface area contributed by atoms with Gasteiger partial charge < -0.3 is 19.5 Å². The van der Waals surface area contributed by atoms with Crippen molar-refractivity contribution in [3.05, 3.63) is 42.1 Å². The molecule has 0 fully saturated rings. The first kappa shape index (κ1) is 12.6. The molecule has 0 aliphatic carbocycles. The fraction of sp³-hybridized carbons (Fsp3) is 0.267. The van der Waals surface area contributed by atoms with E-state index < -0.39 is 0 Å². The van der Waals surface area contributed by atoms with Crippen LogP contribution in [0.2, 0.25) is 0 Å². The lowest BCUT2D eigenvalue weighted by molar-refractivity contribution is 0.174. The third-order valence-electron chi connectivity index (χ3n) is 2.97. The second-order valence-corrected chi connectivity index (χ2v) is 4.33. The molecule has 1 aromatic carbocycles. The van der Waals surface area contributed by atoms with Crippen LogP contribution in [0.3, 0.4) is 0 Å². The predicted octanol–water partition coefficient (Wildman–Crippen LogP) is 2.82. The molecular formula is C15H16N2O3. The number of nitrogens with one attached hydrogen (secondary N) is 1. The largest absolute Gasteiger partial charge is 0.476 e. The average molecular weight is 272 g/mol. The van der Waals surface area contributed by atoms with Gasteiger partial charge in [-0.2, -0.15) is 0 Å². The van der Waals surface area contributed by atoms with Gasteiger partial charge in [-0.3, -0.25) is 0 Å². The summed E-state index contributed by atoms with van der Waals surface area (Å²) in [5.74, 6) is 2.21. The van der Waals surface area contributed by atoms with Gasteiger partial charge in [0.2, 0.25) is 12.7 Å². The van der Waals surface area contributed by atoms with Crippen LogP contribution in [0.5, 0.6) is 17.4 Å². The van der Waals surface area contributed by atoms with Crippen LogP contribution in [0.4, 0.5) is 5.69 Å². The van der Waals surface area contributed by atoms with E-state index in [1.165, 1.54) is 0 Å². The van der Waals surface area contributed by atoms with E-state index in [1.54, 1.807) is 6.20 Å². The van der Waals surface area contributed by atoms with Gasteiger partial charge >= 0.3 is 0 Å². The normalized spacial score (nSPS) is 12.2. The number of benzene rings is 1. The first-order chi connectivity index (χ1) is 9.86. The van der Waals surface area contributed by atoms with Gasteiger partial charge in [0.15, 0.2) is 11.5 Å². The summed E-state index contributed by atoms with van der Waals surface area (Å²) in [5.41, 5.74) is 1.99. The van der Waals surface area contributed by atoms with Gasteiger partial charge in [0.05, 0.1) is 12.3 Å². The smallest absolute Gasteiger partial charge is 0.237 e. The molecule has 0 amide bonds. The van der Waals surface area contributed by atoms with E-state index in [0.717, 1.165) is 22.7 Å². The van der Waals surface area contributed by atoms with Gasteiger partial charge in [-0.25, -0.2) is 4.98 Å². The van der Waals surface area contributed by atoms with Gasteiger partial charge in [-0.1, -0.05) is 6.07 Å². The van der Waals surface area contributed by atoms with E-state index in [2.05, 4.69) is 10.3 Å². The van der Waals surface area contributed by atoms with Gasteiger partial charge in [0.25, 0.3) is 0 Å². The SMILES string of the molecule is CCOc1ncccc1NCc1ccc2c(c1)OCO2. The Balaban J connectivity index is 1.70. The molecule has 1 N–H and O–H groups in total. The Kier molecular flexibility index (Phi) is 3.58. The molecule has 0 radical (unpaired) electrons. The minimum atomic E-state index is 0.295. The predicted molar refractivity (Wildman–Crippen MR) is 75.3 cm³/mol. The van der Waals surface area contributed by atoms with Crippen molar-refractivity contribution in [3.63, 3.8) is 0 Å². The number of aromatic nitrogens is 1. The minimum Gasteiger partial charge on any atom is -0.476 e. The number of hydrogen-bond acceptors (Lipinski definition) is 5. The molecule has 1 aromatic heterocycles. The molecule has 0 saturated carbocycles. The lowest BCUT2D eigenvalue weighted by Gasteiger charge is -2.11. The molecule has 1 aliphatic heterocycles. The lowest BCUT2D eigenvalue weighted by Crippen LogP contribution is -2.03. The van der Waals surface area contributed by atoms with Crippen molar-refractivity contribution in [2.75, 3.05) is 18.7 Å². The second-order valence-electron chi connectivity index (χ2n) is 4.33. The van der Waals surface area contributed by atoms with E-state index in [-0.39, 0.29) is 0 Å². The Bertz CT molecular complexity index is 601. The molecule has 5 heteroatoms. The van der Waals surface area contributed by atoms with Crippen molar-refractivity contribution in [2.45, 2.75) is 13.5 Å². The summed E-state index contributed by atoms with van der Waals surface area (Å²) >= 11 is 0. The number of rotatable bonds is 5. The fourth-order valence-electron chi connectivity index (χ4n) is 2.03. The number of nitrogens with zero attached hydrogens (tertiary/aromatic N) is 1. The minimum absolute atomic E-state index is 0.295. The van der Waals surface area contributed by atoms with Crippen LogP contribution in [0.25, 0.3) is 0 Å². The zero-order chi connectivity index (χ0) is 13.8. The molecule has 0 atom stereocenters. The summed E-state index contributed by atoms with van der Waals surface area (Å²) in [6.45, 7) is 3.50. The third kappa shape index (κ3) is 2.61. The molecule has 1 aliphatic rings. The van der Waals surface area contributed by atoms with E-state index in [4.69, 9.17) is 14.2 Å². The van der Waals surface area contributed by atoms with Crippen LogP contribution >= 0.6 is 0 Å². The van der Waals surface area contributed by atoms with Crippen LogP contribution in [0, 0.1) is 0 Å². The second kappa shape index (κ2) is 5.69. The Morgan fingerprint density at radius 3 is 3.05 bits per heavy atom. The molecule has 5 nitrogen and oxygen atoms in total. The van der Waals surface area contributed by atoms with Crippen molar-refractivity contribution in [2.24, 2.45) is 0 Å². The summed E-state index contributed by atoms with van der Waals surface area (Å²) in [7, 11) is 0. The lowest BCUT2D eigenvalue weighted by atomic mass is 10.2. The van der Waals surface area contributed by atoms with Crippen molar-refractivity contribution in [1.29, 1.82) is 0 Å². The summed E-state index contributed by atoms with van der Waals surface area (Å²) < 4.78 is 16.1. The molecule has 3 rings (SSSR count). The Hall–Kier alpha value is -2.43. The Labute approximate surface area is 117 Å². The summed E-state index contributed by atoms with van der Waals surface area (Å²) in [6.07, 6.45) is 1.72. The Morgan fingerprint density at radius 2 is 2.15 bits per heavy atom. The quantitative estimate of drug-likeness (QED) is 0.907. The van der Waals surface area contributed by atoms with Crippen molar-refractivity contribution in [3.8, 4) is 17.4 Å². The summed E-state index contributed by atoms with van der Waals surface area (Å²) in [5, 5.41) is 3.32. The zero-order valence-corrected chi connectivity index (χ0v) is 11.3. The van der Waals surface area contributed by atoms with Gasteiger partial charge in [-0.15, -0.1) is 0 Å². The molecular weight excluding hydrogens is 256 g/mol. The molecule has 104 valence electrons. The zero-order valence-electron chi connectivity index (χ0n) is 11.3. The van der Waals surface area contributed by atoms with E-state index in [1.807, 2.05) is 37.3 Å². The van der Waals surface area contributed by atoms with Crippen LogP contribution in [0.1, 0.15) is 12.5 Å². The van der Waals surface area contributed by atoms with Gasteiger partial charge in [-0.05, 0) is 36.8 Å². The highest BCUT2D eigenvalue weighted by molar-refractivity contribution is 5.53. The van der Waals surface area contributed by atoms with Crippen LogP contribution in [-0.2, 0) is 6.54 Å². The van der Waals surface area contributed by atoms with Crippen molar-refractivity contribution < 1.29 is 14.2 Å². The number of pyridine rings is 1. The first-order valence-corrected chi connectivity index (χ1v) is 6.57.